The molecule has 0 unspecified atom stereocenters. The lowest BCUT2D eigenvalue weighted by molar-refractivity contribution is 0.0622. The molecule has 156 valence electrons. The molecule has 1 aliphatic heterocycles. The molecule has 1 aromatic heterocycles. The third-order valence-corrected chi connectivity index (χ3v) is 5.97. The fraction of sp³-hybridized carbons (Fsp3) is 0.364. The van der Waals surface area contributed by atoms with Gasteiger partial charge in [0, 0.05) is 25.3 Å². The summed E-state index contributed by atoms with van der Waals surface area (Å²) in [5, 5.41) is 4.47. The summed E-state index contributed by atoms with van der Waals surface area (Å²) in [6.07, 6.45) is 2.32. The molecule has 2 aliphatic rings. The lowest BCUT2D eigenvalue weighted by Crippen LogP contribution is -2.41. The van der Waals surface area contributed by atoms with Crippen LogP contribution in [-0.2, 0) is 6.42 Å². The molecule has 1 fully saturated rings. The monoisotopic (exact) mass is 415 g/mol. The van der Waals surface area contributed by atoms with Crippen LogP contribution in [0.2, 0.25) is 0 Å². The minimum Gasteiger partial charge on any atom is -0.490 e. The average Bonchev–Trinajstić information content (AvgIpc) is 3.20. The van der Waals surface area contributed by atoms with E-state index in [-0.39, 0.29) is 23.7 Å². The molecule has 2 aromatic carbocycles. The minimum atomic E-state index is -0.658. The second-order valence-corrected chi connectivity index (χ2v) is 8.05. The third-order valence-electron chi connectivity index (χ3n) is 5.97. The Hall–Kier alpha value is -3.03. The summed E-state index contributed by atoms with van der Waals surface area (Å²) in [6.45, 7) is 1.68. The quantitative estimate of drug-likeness (QED) is 0.645. The number of benzene rings is 2. The lowest BCUT2D eigenvalue weighted by atomic mass is 9.89. The summed E-state index contributed by atoms with van der Waals surface area (Å²) in [5.74, 6) is -0.359. The smallest absolute Gasteiger partial charge is 0.346 e. The van der Waals surface area contributed by atoms with E-state index in [1.54, 1.807) is 23.6 Å². The van der Waals surface area contributed by atoms with Crippen LogP contribution in [0.25, 0.3) is 0 Å². The van der Waals surface area contributed by atoms with Crippen LogP contribution in [0.3, 0.4) is 0 Å². The molecule has 5 rings (SSSR count). The molecule has 30 heavy (non-hydrogen) atoms. The highest BCUT2D eigenvalue weighted by atomic mass is 19.1. The zero-order valence-electron chi connectivity index (χ0n) is 16.3. The first kappa shape index (κ1) is 19.0. The van der Waals surface area contributed by atoms with Crippen LogP contribution in [0, 0.1) is 24.4 Å². The first-order chi connectivity index (χ1) is 14.4. The van der Waals surface area contributed by atoms with Crippen molar-refractivity contribution in [1.29, 1.82) is 0 Å². The van der Waals surface area contributed by atoms with Crippen molar-refractivity contribution in [3.63, 3.8) is 0 Å². The summed E-state index contributed by atoms with van der Waals surface area (Å²) in [4.78, 5) is 13.0. The second-order valence-electron chi connectivity index (χ2n) is 8.05. The van der Waals surface area contributed by atoms with Crippen molar-refractivity contribution >= 4 is 0 Å². The topological polar surface area (TPSA) is 49.0 Å². The predicted octanol–water partition coefficient (Wildman–Crippen LogP) is 4.09. The van der Waals surface area contributed by atoms with Crippen LogP contribution in [0.15, 0.2) is 41.2 Å². The van der Waals surface area contributed by atoms with Crippen molar-refractivity contribution in [3.05, 3.63) is 81.3 Å². The molecule has 0 saturated heterocycles. The molecule has 0 bridgehead atoms. The Morgan fingerprint density at radius 2 is 1.80 bits per heavy atom. The Balaban J connectivity index is 1.32. The van der Waals surface area contributed by atoms with E-state index in [1.807, 2.05) is 0 Å². The first-order valence-electron chi connectivity index (χ1n) is 9.98. The maximum atomic E-state index is 13.6. The van der Waals surface area contributed by atoms with E-state index >= 15 is 0 Å². The fourth-order valence-electron chi connectivity index (χ4n) is 4.35. The predicted molar refractivity (Wildman–Crippen MR) is 103 cm³/mol. The molecule has 0 spiro atoms. The van der Waals surface area contributed by atoms with E-state index in [4.69, 9.17) is 4.74 Å². The van der Waals surface area contributed by atoms with Crippen LogP contribution in [0.4, 0.5) is 13.2 Å². The Bertz CT molecular complexity index is 1160. The van der Waals surface area contributed by atoms with Gasteiger partial charge in [0.05, 0.1) is 12.1 Å². The van der Waals surface area contributed by atoms with Gasteiger partial charge < -0.3 is 4.74 Å². The molecule has 5 nitrogen and oxygen atoms in total. The number of nitrogens with zero attached hydrogens (tertiary/aromatic N) is 3. The average molecular weight is 415 g/mol. The summed E-state index contributed by atoms with van der Waals surface area (Å²) in [5.41, 5.74) is 0.692. The Morgan fingerprint density at radius 3 is 2.50 bits per heavy atom. The fourth-order valence-corrected chi connectivity index (χ4v) is 4.35. The Morgan fingerprint density at radius 1 is 1.07 bits per heavy atom. The molecule has 2 heterocycles. The second kappa shape index (κ2) is 7.04. The van der Waals surface area contributed by atoms with Gasteiger partial charge in [-0.2, -0.15) is 5.10 Å². The van der Waals surface area contributed by atoms with E-state index < -0.39 is 17.7 Å². The molecular formula is C22H20F3N3O2. The minimum absolute atomic E-state index is 0.0728. The van der Waals surface area contributed by atoms with E-state index in [2.05, 4.69) is 5.10 Å². The number of fused-ring (bicyclic) bond motifs is 1. The molecule has 3 aromatic rings. The normalized spacial score (nSPS) is 22.6. The van der Waals surface area contributed by atoms with Gasteiger partial charge in [-0.1, -0.05) is 0 Å². The van der Waals surface area contributed by atoms with Gasteiger partial charge >= 0.3 is 5.69 Å². The lowest BCUT2D eigenvalue weighted by Gasteiger charge is -2.34. The summed E-state index contributed by atoms with van der Waals surface area (Å²) < 4.78 is 49.6. The van der Waals surface area contributed by atoms with Gasteiger partial charge in [-0.3, -0.25) is 4.57 Å². The molecular weight excluding hydrogens is 395 g/mol. The highest BCUT2D eigenvalue weighted by molar-refractivity contribution is 5.29. The van der Waals surface area contributed by atoms with Gasteiger partial charge in [-0.15, -0.1) is 0 Å². The van der Waals surface area contributed by atoms with Crippen LogP contribution in [-0.4, -0.2) is 20.5 Å². The maximum Gasteiger partial charge on any atom is 0.346 e. The Labute approximate surface area is 170 Å². The van der Waals surface area contributed by atoms with Gasteiger partial charge in [0.25, 0.3) is 0 Å². The van der Waals surface area contributed by atoms with Crippen molar-refractivity contribution in [1.82, 2.24) is 14.3 Å². The van der Waals surface area contributed by atoms with Crippen molar-refractivity contribution in [2.45, 2.75) is 50.8 Å². The van der Waals surface area contributed by atoms with Gasteiger partial charge in [0.2, 0.25) is 0 Å². The number of aromatic nitrogens is 3. The molecule has 0 amide bonds. The molecule has 1 atom stereocenters. The maximum absolute atomic E-state index is 13.6. The van der Waals surface area contributed by atoms with E-state index in [1.165, 1.54) is 22.9 Å². The van der Waals surface area contributed by atoms with Crippen LogP contribution < -0.4 is 10.4 Å². The number of ether oxygens (including phenoxy) is 1. The van der Waals surface area contributed by atoms with Crippen molar-refractivity contribution in [2.75, 3.05) is 0 Å². The van der Waals surface area contributed by atoms with Crippen molar-refractivity contribution in [2.24, 2.45) is 0 Å². The standard InChI is InChI=1S/C22H20F3N3O2/c1-12-6-17(2-3-19(12)25)30-18-10-16(11-18)28-22(29)27-20(4-5-21(27)26-28)13-7-14(23)9-15(24)8-13/h2-3,6-9,16,18,20H,4-5,10-11H2,1H3/t16-,18-,20-/m0/s1. The van der Waals surface area contributed by atoms with Gasteiger partial charge in [-0.25, -0.2) is 22.6 Å². The van der Waals surface area contributed by atoms with Crippen molar-refractivity contribution < 1.29 is 17.9 Å². The van der Waals surface area contributed by atoms with Crippen LogP contribution >= 0.6 is 0 Å². The van der Waals surface area contributed by atoms with Crippen molar-refractivity contribution in [3.8, 4) is 5.75 Å². The molecule has 1 saturated carbocycles. The summed E-state index contributed by atoms with van der Waals surface area (Å²) in [7, 11) is 0. The van der Waals surface area contributed by atoms with Gasteiger partial charge in [0.15, 0.2) is 0 Å². The first-order valence-corrected chi connectivity index (χ1v) is 9.98. The molecule has 0 radical (unpaired) electrons. The number of halogens is 3. The number of hydrogen-bond donors (Lipinski definition) is 0. The molecule has 8 heteroatoms. The zero-order chi connectivity index (χ0) is 21.0. The third kappa shape index (κ3) is 3.20. The van der Waals surface area contributed by atoms with E-state index in [9.17, 15) is 18.0 Å². The van der Waals surface area contributed by atoms with Crippen LogP contribution in [0.5, 0.6) is 5.75 Å². The zero-order valence-corrected chi connectivity index (χ0v) is 16.3. The van der Waals surface area contributed by atoms with E-state index in [0.29, 0.717) is 48.4 Å². The molecule has 1 aliphatic carbocycles. The summed E-state index contributed by atoms with van der Waals surface area (Å²) >= 11 is 0. The highest BCUT2D eigenvalue weighted by Gasteiger charge is 2.37. The number of rotatable bonds is 4. The largest absolute Gasteiger partial charge is 0.490 e. The number of aryl methyl sites for hydroxylation is 2. The van der Waals surface area contributed by atoms with E-state index in [0.717, 1.165) is 6.07 Å². The SMILES string of the molecule is Cc1cc(O[C@H]2C[C@H](n3nc4n(c3=O)[C@H](c3cc(F)cc(F)c3)CC4)C2)ccc1F. The van der Waals surface area contributed by atoms with Gasteiger partial charge in [0.1, 0.15) is 35.1 Å². The molecule has 0 N–H and O–H groups in total. The van der Waals surface area contributed by atoms with Crippen LogP contribution in [0.1, 0.15) is 48.3 Å². The number of hydrogen-bond acceptors (Lipinski definition) is 3. The van der Waals surface area contributed by atoms with Gasteiger partial charge in [-0.05, 0) is 54.8 Å². The Kier molecular flexibility index (Phi) is 4.45. The summed E-state index contributed by atoms with van der Waals surface area (Å²) in [6, 6.07) is 7.48. The highest BCUT2D eigenvalue weighted by Crippen LogP contribution is 2.36.